The number of aromatic nitrogens is 1. The van der Waals surface area contributed by atoms with Crippen molar-refractivity contribution < 1.29 is 19.4 Å². The van der Waals surface area contributed by atoms with E-state index in [1.54, 1.807) is 30.6 Å². The molecular weight excluding hydrogens is 275 g/mol. The van der Waals surface area contributed by atoms with Crippen molar-refractivity contribution in [3.8, 4) is 11.1 Å². The molecule has 0 radical (unpaired) electrons. The lowest BCUT2D eigenvalue weighted by molar-refractivity contribution is 0.129. The van der Waals surface area contributed by atoms with Crippen molar-refractivity contribution in [2.24, 2.45) is 0 Å². The zero-order chi connectivity index (χ0) is 15.2. The Kier molecular flexibility index (Phi) is 4.84. The smallest absolute Gasteiger partial charge is 0.407 e. The number of aliphatic hydroxyl groups is 1. The summed E-state index contributed by atoms with van der Waals surface area (Å²) in [7, 11) is 0. The van der Waals surface area contributed by atoms with Crippen molar-refractivity contribution in [1.82, 2.24) is 9.88 Å². The van der Waals surface area contributed by atoms with Crippen molar-refractivity contribution in [3.63, 3.8) is 0 Å². The van der Waals surface area contributed by atoms with Gasteiger partial charge in [0.05, 0.1) is 13.2 Å². The van der Waals surface area contributed by atoms with Crippen LogP contribution in [0.2, 0.25) is 0 Å². The summed E-state index contributed by atoms with van der Waals surface area (Å²) in [5, 5.41) is 17.9. The van der Waals surface area contributed by atoms with Crippen LogP contribution < -0.4 is 0 Å². The van der Waals surface area contributed by atoms with Crippen LogP contribution in [0.1, 0.15) is 5.56 Å². The minimum absolute atomic E-state index is 0.0273. The van der Waals surface area contributed by atoms with Gasteiger partial charge >= 0.3 is 6.09 Å². The summed E-state index contributed by atoms with van der Waals surface area (Å²) in [6.45, 7) is -0.102. The fourth-order valence-corrected chi connectivity index (χ4v) is 1.98. The maximum Gasteiger partial charge on any atom is 0.407 e. The van der Waals surface area contributed by atoms with Crippen LogP contribution in [-0.2, 0) is 6.54 Å². The van der Waals surface area contributed by atoms with Crippen LogP contribution in [0.4, 0.5) is 9.18 Å². The minimum Gasteiger partial charge on any atom is -0.465 e. The van der Waals surface area contributed by atoms with E-state index in [-0.39, 0.29) is 25.5 Å². The fourth-order valence-electron chi connectivity index (χ4n) is 1.98. The first-order chi connectivity index (χ1) is 10.1. The van der Waals surface area contributed by atoms with Gasteiger partial charge in [-0.2, -0.15) is 0 Å². The Morgan fingerprint density at radius 3 is 2.71 bits per heavy atom. The summed E-state index contributed by atoms with van der Waals surface area (Å²) >= 11 is 0. The third-order valence-corrected chi connectivity index (χ3v) is 2.97. The van der Waals surface area contributed by atoms with Gasteiger partial charge in [0, 0.05) is 24.5 Å². The molecule has 1 heterocycles. The van der Waals surface area contributed by atoms with Crippen molar-refractivity contribution in [3.05, 3.63) is 54.1 Å². The number of aliphatic hydroxyl groups excluding tert-OH is 1. The molecule has 1 aromatic heterocycles. The van der Waals surface area contributed by atoms with Crippen molar-refractivity contribution in [1.29, 1.82) is 0 Å². The number of rotatable bonds is 5. The topological polar surface area (TPSA) is 73.7 Å². The predicted octanol–water partition coefficient (Wildman–Crippen LogP) is 2.36. The maximum absolute atomic E-state index is 13.2. The second-order valence-corrected chi connectivity index (χ2v) is 4.52. The Hall–Kier alpha value is -2.47. The Bertz CT molecular complexity index is 634. The zero-order valence-corrected chi connectivity index (χ0v) is 11.2. The molecule has 2 N–H and O–H groups in total. The van der Waals surface area contributed by atoms with Gasteiger partial charge in [-0.3, -0.25) is 4.98 Å². The Labute approximate surface area is 121 Å². The SMILES string of the molecule is O=C(O)N(CCO)Cc1cncc(-c2cccc(F)c2)c1. The second kappa shape index (κ2) is 6.81. The Balaban J connectivity index is 2.23. The van der Waals surface area contributed by atoms with Crippen molar-refractivity contribution in [2.45, 2.75) is 6.54 Å². The minimum atomic E-state index is -1.11. The monoisotopic (exact) mass is 290 g/mol. The van der Waals surface area contributed by atoms with E-state index >= 15 is 0 Å². The first-order valence-corrected chi connectivity index (χ1v) is 6.39. The standard InChI is InChI=1S/C15H15FN2O3/c16-14-3-1-2-12(7-14)13-6-11(8-17-9-13)10-18(4-5-19)15(20)21/h1-3,6-9,19H,4-5,10H2,(H,20,21). The van der Waals surface area contributed by atoms with E-state index in [4.69, 9.17) is 10.2 Å². The molecule has 0 unspecified atom stereocenters. The predicted molar refractivity (Wildman–Crippen MR) is 75.2 cm³/mol. The van der Waals surface area contributed by atoms with Crippen LogP contribution in [0.5, 0.6) is 0 Å². The van der Waals surface area contributed by atoms with Gasteiger partial charge in [-0.05, 0) is 29.3 Å². The molecule has 0 aliphatic rings. The fraction of sp³-hybridized carbons (Fsp3) is 0.200. The maximum atomic E-state index is 13.2. The molecule has 110 valence electrons. The number of benzene rings is 1. The molecule has 0 saturated heterocycles. The van der Waals surface area contributed by atoms with E-state index < -0.39 is 6.09 Å². The molecule has 0 bridgehead atoms. The molecule has 6 heteroatoms. The van der Waals surface area contributed by atoms with Gasteiger partial charge in [0.2, 0.25) is 0 Å². The van der Waals surface area contributed by atoms with Crippen molar-refractivity contribution >= 4 is 6.09 Å². The quantitative estimate of drug-likeness (QED) is 0.886. The molecule has 1 aromatic carbocycles. The number of amides is 1. The van der Waals surface area contributed by atoms with Crippen LogP contribution in [0.25, 0.3) is 11.1 Å². The molecule has 2 rings (SSSR count). The molecule has 21 heavy (non-hydrogen) atoms. The zero-order valence-electron chi connectivity index (χ0n) is 11.2. The van der Waals surface area contributed by atoms with Crippen LogP contribution in [0, 0.1) is 5.82 Å². The summed E-state index contributed by atoms with van der Waals surface area (Å²) in [6.07, 6.45) is 2.03. The number of nitrogens with zero attached hydrogens (tertiary/aromatic N) is 2. The first-order valence-electron chi connectivity index (χ1n) is 6.39. The highest BCUT2D eigenvalue weighted by molar-refractivity contribution is 5.66. The third kappa shape index (κ3) is 4.00. The normalized spacial score (nSPS) is 10.4. The Morgan fingerprint density at radius 1 is 1.24 bits per heavy atom. The van der Waals surface area contributed by atoms with Gasteiger partial charge in [-0.15, -0.1) is 0 Å². The number of hydrogen-bond donors (Lipinski definition) is 2. The van der Waals surface area contributed by atoms with Gasteiger partial charge in [-0.1, -0.05) is 12.1 Å². The van der Waals surface area contributed by atoms with E-state index in [0.29, 0.717) is 16.7 Å². The summed E-state index contributed by atoms with van der Waals surface area (Å²) < 4.78 is 13.2. The lowest BCUT2D eigenvalue weighted by Gasteiger charge is -2.18. The highest BCUT2D eigenvalue weighted by Gasteiger charge is 2.12. The van der Waals surface area contributed by atoms with Crippen LogP contribution in [0.3, 0.4) is 0 Å². The average molecular weight is 290 g/mol. The van der Waals surface area contributed by atoms with Gasteiger partial charge in [-0.25, -0.2) is 9.18 Å². The number of pyridine rings is 1. The summed E-state index contributed by atoms with van der Waals surface area (Å²) in [5.74, 6) is -0.342. The van der Waals surface area contributed by atoms with E-state index in [1.807, 2.05) is 0 Å². The number of halogens is 1. The summed E-state index contributed by atoms with van der Waals surface area (Å²) in [4.78, 5) is 16.2. The molecule has 0 saturated carbocycles. The van der Waals surface area contributed by atoms with Crippen LogP contribution >= 0.6 is 0 Å². The highest BCUT2D eigenvalue weighted by atomic mass is 19.1. The molecule has 2 aromatic rings. The van der Waals surface area contributed by atoms with Crippen molar-refractivity contribution in [2.75, 3.05) is 13.2 Å². The lowest BCUT2D eigenvalue weighted by atomic mass is 10.1. The second-order valence-electron chi connectivity index (χ2n) is 4.52. The Morgan fingerprint density at radius 2 is 2.05 bits per heavy atom. The largest absolute Gasteiger partial charge is 0.465 e. The molecule has 5 nitrogen and oxygen atoms in total. The molecule has 0 atom stereocenters. The molecule has 0 spiro atoms. The highest BCUT2D eigenvalue weighted by Crippen LogP contribution is 2.20. The van der Waals surface area contributed by atoms with Gasteiger partial charge in [0.15, 0.2) is 0 Å². The summed E-state index contributed by atoms with van der Waals surface area (Å²) in [5.41, 5.74) is 2.06. The van der Waals surface area contributed by atoms with E-state index in [1.165, 1.54) is 12.1 Å². The average Bonchev–Trinajstić information content (AvgIpc) is 2.47. The summed E-state index contributed by atoms with van der Waals surface area (Å²) in [6, 6.07) is 7.87. The van der Waals surface area contributed by atoms with Gasteiger partial charge in [0.1, 0.15) is 5.82 Å². The van der Waals surface area contributed by atoms with Gasteiger partial charge in [0.25, 0.3) is 0 Å². The van der Waals surface area contributed by atoms with Gasteiger partial charge < -0.3 is 15.1 Å². The van der Waals surface area contributed by atoms with E-state index in [0.717, 1.165) is 4.90 Å². The molecule has 0 aliphatic heterocycles. The number of carbonyl (C=O) groups is 1. The van der Waals surface area contributed by atoms with Crippen LogP contribution in [-0.4, -0.2) is 39.3 Å². The first kappa shape index (κ1) is 14.9. The third-order valence-electron chi connectivity index (χ3n) is 2.97. The molecular formula is C15H15FN2O3. The lowest BCUT2D eigenvalue weighted by Crippen LogP contribution is -2.31. The van der Waals surface area contributed by atoms with E-state index in [9.17, 15) is 9.18 Å². The number of hydrogen-bond acceptors (Lipinski definition) is 3. The van der Waals surface area contributed by atoms with Crippen LogP contribution in [0.15, 0.2) is 42.7 Å². The molecule has 0 aliphatic carbocycles. The van der Waals surface area contributed by atoms with E-state index in [2.05, 4.69) is 4.98 Å². The molecule has 1 amide bonds. The molecule has 0 fully saturated rings. The number of carboxylic acid groups (broad SMARTS) is 1.